The van der Waals surface area contributed by atoms with Crippen molar-refractivity contribution in [3.8, 4) is 0 Å². The molecular formula is C8H16N4O4. The molecule has 0 heterocycles. The number of nitrogens with one attached hydrogen (secondary N) is 1. The zero-order valence-corrected chi connectivity index (χ0v) is 8.77. The predicted molar refractivity (Wildman–Crippen MR) is 54.8 cm³/mol. The van der Waals surface area contributed by atoms with Gasteiger partial charge in [0, 0.05) is 6.54 Å². The Balaban J connectivity index is 3.57. The van der Waals surface area contributed by atoms with Crippen LogP contribution in [-0.2, 0) is 19.1 Å². The van der Waals surface area contributed by atoms with Gasteiger partial charge >= 0.3 is 0 Å². The van der Waals surface area contributed by atoms with Gasteiger partial charge in [-0.2, -0.15) is 0 Å². The Morgan fingerprint density at radius 2 is 1.81 bits per heavy atom. The van der Waals surface area contributed by atoms with Crippen LogP contribution >= 0.6 is 0 Å². The van der Waals surface area contributed by atoms with Crippen molar-refractivity contribution in [2.45, 2.75) is 12.5 Å². The summed E-state index contributed by atoms with van der Waals surface area (Å²) in [6.07, 6.45) is -0.214. The van der Waals surface area contributed by atoms with Gasteiger partial charge in [0.2, 0.25) is 17.7 Å². The Kier molecular flexibility index (Phi) is 6.81. The van der Waals surface area contributed by atoms with Gasteiger partial charge in [-0.3, -0.25) is 14.4 Å². The highest BCUT2D eigenvalue weighted by Crippen LogP contribution is 1.86. The molecule has 3 amide bonds. The van der Waals surface area contributed by atoms with Crippen molar-refractivity contribution >= 4 is 17.7 Å². The number of amides is 3. The van der Waals surface area contributed by atoms with E-state index in [0.29, 0.717) is 0 Å². The van der Waals surface area contributed by atoms with E-state index in [1.807, 2.05) is 0 Å². The number of carbonyl (C=O) groups is 3. The van der Waals surface area contributed by atoms with Crippen LogP contribution in [0.25, 0.3) is 0 Å². The second-order valence-electron chi connectivity index (χ2n) is 3.09. The molecule has 0 aliphatic rings. The van der Waals surface area contributed by atoms with E-state index in [1.54, 1.807) is 0 Å². The smallest absolute Gasteiger partial charge is 0.243 e. The number of ether oxygens (including phenoxy) is 1. The van der Waals surface area contributed by atoms with Gasteiger partial charge in [-0.1, -0.05) is 0 Å². The third-order valence-corrected chi connectivity index (χ3v) is 1.55. The van der Waals surface area contributed by atoms with Crippen LogP contribution < -0.4 is 22.5 Å². The van der Waals surface area contributed by atoms with Crippen molar-refractivity contribution in [2.75, 3.05) is 19.8 Å². The fourth-order valence-electron chi connectivity index (χ4n) is 0.860. The van der Waals surface area contributed by atoms with Crippen LogP contribution in [0.15, 0.2) is 0 Å². The van der Waals surface area contributed by atoms with E-state index >= 15 is 0 Å². The minimum absolute atomic E-state index is 0.137. The molecule has 92 valence electrons. The highest BCUT2D eigenvalue weighted by Gasteiger charge is 2.14. The Morgan fingerprint density at radius 1 is 1.19 bits per heavy atom. The second kappa shape index (κ2) is 7.60. The van der Waals surface area contributed by atoms with Crippen LogP contribution in [-0.4, -0.2) is 43.5 Å². The average Bonchev–Trinajstić information content (AvgIpc) is 2.15. The maximum Gasteiger partial charge on any atom is 0.243 e. The van der Waals surface area contributed by atoms with E-state index < -0.39 is 23.8 Å². The lowest BCUT2D eigenvalue weighted by Gasteiger charge is -2.10. The molecule has 0 radical (unpaired) electrons. The highest BCUT2D eigenvalue weighted by atomic mass is 16.5. The fraction of sp³-hybridized carbons (Fsp3) is 0.625. The number of rotatable bonds is 8. The zero-order valence-electron chi connectivity index (χ0n) is 8.77. The van der Waals surface area contributed by atoms with Crippen molar-refractivity contribution < 1.29 is 19.1 Å². The summed E-state index contributed by atoms with van der Waals surface area (Å²) in [7, 11) is 0. The minimum Gasteiger partial charge on any atom is -0.370 e. The second-order valence-corrected chi connectivity index (χ2v) is 3.09. The van der Waals surface area contributed by atoms with Crippen LogP contribution in [0.1, 0.15) is 6.42 Å². The first kappa shape index (κ1) is 14.3. The average molecular weight is 232 g/mol. The molecule has 8 heteroatoms. The van der Waals surface area contributed by atoms with Crippen molar-refractivity contribution in [1.29, 1.82) is 0 Å². The SMILES string of the molecule is NC(=O)COCCNC(=O)C(N)CC(N)=O. The maximum absolute atomic E-state index is 11.2. The topological polar surface area (TPSA) is 151 Å². The lowest BCUT2D eigenvalue weighted by Crippen LogP contribution is -2.44. The van der Waals surface area contributed by atoms with E-state index in [4.69, 9.17) is 21.9 Å². The van der Waals surface area contributed by atoms with Crippen molar-refractivity contribution in [2.24, 2.45) is 17.2 Å². The van der Waals surface area contributed by atoms with E-state index in [0.717, 1.165) is 0 Å². The van der Waals surface area contributed by atoms with Gasteiger partial charge in [0.15, 0.2) is 0 Å². The molecule has 0 fully saturated rings. The Bertz CT molecular complexity index is 269. The predicted octanol–water partition coefficient (Wildman–Crippen LogP) is -3.19. The Morgan fingerprint density at radius 3 is 2.31 bits per heavy atom. The summed E-state index contributed by atoms with van der Waals surface area (Å²) in [5.41, 5.74) is 15.0. The summed E-state index contributed by atoms with van der Waals surface area (Å²) < 4.78 is 4.78. The van der Waals surface area contributed by atoms with Crippen LogP contribution in [0.3, 0.4) is 0 Å². The summed E-state index contributed by atoms with van der Waals surface area (Å²) in [5, 5.41) is 2.41. The Hall–Kier alpha value is -1.67. The van der Waals surface area contributed by atoms with Gasteiger partial charge in [0.25, 0.3) is 0 Å². The molecule has 0 aromatic heterocycles. The van der Waals surface area contributed by atoms with Gasteiger partial charge in [-0.05, 0) is 0 Å². The first-order valence-electron chi connectivity index (χ1n) is 4.61. The molecule has 1 unspecified atom stereocenters. The van der Waals surface area contributed by atoms with Gasteiger partial charge in [-0.25, -0.2) is 0 Å². The Labute approximate surface area is 92.5 Å². The highest BCUT2D eigenvalue weighted by molar-refractivity contribution is 5.87. The lowest BCUT2D eigenvalue weighted by atomic mass is 10.2. The van der Waals surface area contributed by atoms with E-state index in [1.165, 1.54) is 0 Å². The molecule has 0 rings (SSSR count). The summed E-state index contributed by atoms with van der Waals surface area (Å²) in [4.78, 5) is 31.9. The number of primary amides is 2. The molecule has 7 N–H and O–H groups in total. The van der Waals surface area contributed by atoms with E-state index in [2.05, 4.69) is 5.32 Å². The van der Waals surface area contributed by atoms with E-state index in [-0.39, 0.29) is 26.2 Å². The van der Waals surface area contributed by atoms with Gasteiger partial charge in [-0.15, -0.1) is 0 Å². The molecule has 0 saturated heterocycles. The monoisotopic (exact) mass is 232 g/mol. The fourth-order valence-corrected chi connectivity index (χ4v) is 0.860. The molecule has 0 aliphatic carbocycles. The third-order valence-electron chi connectivity index (χ3n) is 1.55. The molecule has 8 nitrogen and oxygen atoms in total. The quantitative estimate of drug-likeness (QED) is 0.325. The maximum atomic E-state index is 11.2. The van der Waals surface area contributed by atoms with Gasteiger partial charge < -0.3 is 27.3 Å². The summed E-state index contributed by atoms with van der Waals surface area (Å²) in [6.45, 7) is 0.111. The zero-order chi connectivity index (χ0) is 12.6. The molecule has 16 heavy (non-hydrogen) atoms. The number of carbonyl (C=O) groups excluding carboxylic acids is 3. The van der Waals surface area contributed by atoms with Crippen LogP contribution in [0.4, 0.5) is 0 Å². The minimum atomic E-state index is -0.964. The van der Waals surface area contributed by atoms with Crippen molar-refractivity contribution in [1.82, 2.24) is 5.32 Å². The van der Waals surface area contributed by atoms with Crippen LogP contribution in [0.5, 0.6) is 0 Å². The summed E-state index contributed by atoms with van der Waals surface area (Å²) >= 11 is 0. The molecule has 0 saturated carbocycles. The van der Waals surface area contributed by atoms with Crippen LogP contribution in [0, 0.1) is 0 Å². The number of hydrogen-bond donors (Lipinski definition) is 4. The van der Waals surface area contributed by atoms with Gasteiger partial charge in [0.1, 0.15) is 6.61 Å². The molecule has 0 aliphatic heterocycles. The molecule has 1 atom stereocenters. The van der Waals surface area contributed by atoms with Gasteiger partial charge in [0.05, 0.1) is 19.1 Å². The normalized spacial score (nSPS) is 11.8. The first-order valence-corrected chi connectivity index (χ1v) is 4.61. The summed E-state index contributed by atoms with van der Waals surface area (Å²) in [5.74, 6) is -1.73. The van der Waals surface area contributed by atoms with Crippen LogP contribution in [0.2, 0.25) is 0 Å². The first-order chi connectivity index (χ1) is 7.43. The molecule has 0 aromatic rings. The lowest BCUT2D eigenvalue weighted by molar-refractivity contribution is -0.126. The third kappa shape index (κ3) is 7.71. The molecule has 0 aromatic carbocycles. The number of nitrogens with two attached hydrogens (primary N) is 3. The van der Waals surface area contributed by atoms with E-state index in [9.17, 15) is 14.4 Å². The van der Waals surface area contributed by atoms with Crippen molar-refractivity contribution in [3.05, 3.63) is 0 Å². The molecule has 0 bridgehead atoms. The standard InChI is InChI=1S/C8H16N4O4/c9-5(3-6(10)13)8(15)12-1-2-16-4-7(11)14/h5H,1-4,9H2,(H2,10,13)(H2,11,14)(H,12,15). The largest absolute Gasteiger partial charge is 0.370 e. The van der Waals surface area contributed by atoms with Crippen molar-refractivity contribution in [3.63, 3.8) is 0 Å². The number of hydrogen-bond acceptors (Lipinski definition) is 5. The molecule has 0 spiro atoms. The summed E-state index contributed by atoms with van der Waals surface area (Å²) in [6, 6.07) is -0.964. The molecular weight excluding hydrogens is 216 g/mol.